The quantitative estimate of drug-likeness (QED) is 0.198. The lowest BCUT2D eigenvalue weighted by Gasteiger charge is -2.58. The summed E-state index contributed by atoms with van der Waals surface area (Å²) in [5.74, 6) is 1.70. The van der Waals surface area contributed by atoms with Crippen LogP contribution >= 0.6 is 27.5 Å². The molecule has 2 fully saturated rings. The van der Waals surface area contributed by atoms with Crippen molar-refractivity contribution in [3.8, 4) is 5.88 Å². The van der Waals surface area contributed by atoms with E-state index < -0.39 is 4.92 Å². The molecule has 0 aromatic carbocycles. The smallest absolute Gasteiger partial charge is 0.331 e. The van der Waals surface area contributed by atoms with Crippen LogP contribution in [-0.4, -0.2) is 66.4 Å². The first-order chi connectivity index (χ1) is 15.8. The number of rotatable bonds is 10. The van der Waals surface area contributed by atoms with E-state index in [1.54, 1.807) is 20.2 Å². The molecule has 0 amide bonds. The highest BCUT2D eigenvalue weighted by Crippen LogP contribution is 2.50. The molecule has 1 saturated heterocycles. The zero-order chi connectivity index (χ0) is 23.6. The Bertz CT molecular complexity index is 1030. The summed E-state index contributed by atoms with van der Waals surface area (Å²) in [6, 6.07) is 3.14. The van der Waals surface area contributed by atoms with Crippen molar-refractivity contribution >= 4 is 50.7 Å². The Kier molecular flexibility index (Phi) is 7.05. The molecule has 1 aliphatic heterocycles. The lowest BCUT2D eigenvalue weighted by molar-refractivity contribution is -0.386. The predicted molar refractivity (Wildman–Crippen MR) is 128 cm³/mol. The molecule has 1 aliphatic carbocycles. The van der Waals surface area contributed by atoms with Gasteiger partial charge in [0.15, 0.2) is 11.6 Å². The summed E-state index contributed by atoms with van der Waals surface area (Å²) in [6.07, 6.45) is 2.99. The second-order valence-corrected chi connectivity index (χ2v) is 9.34. The first-order valence-corrected chi connectivity index (χ1v) is 11.7. The van der Waals surface area contributed by atoms with E-state index >= 15 is 0 Å². The number of aromatic nitrogens is 3. The number of anilines is 3. The normalized spacial score (nSPS) is 16.8. The number of nitrogens with zero attached hydrogens (tertiary/aromatic N) is 5. The van der Waals surface area contributed by atoms with Gasteiger partial charge in [-0.05, 0) is 41.3 Å². The topological polar surface area (TPSA) is 128 Å². The maximum absolute atomic E-state index is 11.4. The van der Waals surface area contributed by atoms with Gasteiger partial charge in [-0.1, -0.05) is 11.6 Å². The first-order valence-electron chi connectivity index (χ1n) is 10.5. The van der Waals surface area contributed by atoms with Gasteiger partial charge in [-0.25, -0.2) is 9.97 Å². The largest absolute Gasteiger partial charge is 0.473 e. The Balaban J connectivity index is 1.32. The molecule has 4 rings (SSSR count). The molecule has 0 radical (unpaired) electrons. The van der Waals surface area contributed by atoms with Gasteiger partial charge >= 0.3 is 5.69 Å². The van der Waals surface area contributed by atoms with Crippen LogP contribution in [0.25, 0.3) is 0 Å². The number of ether oxygens (including phenoxy) is 2. The SMILES string of the molecule is CNc1nc(Br)nc(NCCCOc2nc(N3CC4(CC(OC)C4)C3)ccc2[N+](=O)[O-])c1Cl. The van der Waals surface area contributed by atoms with Crippen molar-refractivity contribution in [3.63, 3.8) is 0 Å². The molecule has 0 atom stereocenters. The fourth-order valence-electron chi connectivity index (χ4n) is 4.25. The van der Waals surface area contributed by atoms with Crippen LogP contribution in [-0.2, 0) is 4.74 Å². The molecule has 1 saturated carbocycles. The summed E-state index contributed by atoms with van der Waals surface area (Å²) in [5.41, 5.74) is 0.146. The van der Waals surface area contributed by atoms with Crippen LogP contribution in [0.1, 0.15) is 19.3 Å². The summed E-state index contributed by atoms with van der Waals surface area (Å²) in [4.78, 5) is 25.9. The first kappa shape index (κ1) is 23.7. The Hall–Kier alpha value is -2.44. The van der Waals surface area contributed by atoms with Gasteiger partial charge in [-0.2, -0.15) is 4.98 Å². The van der Waals surface area contributed by atoms with Gasteiger partial charge in [0.05, 0.1) is 17.6 Å². The van der Waals surface area contributed by atoms with Crippen LogP contribution in [0.2, 0.25) is 5.02 Å². The average molecular weight is 543 g/mol. The summed E-state index contributed by atoms with van der Waals surface area (Å²) in [7, 11) is 3.46. The summed E-state index contributed by atoms with van der Waals surface area (Å²) < 4.78 is 11.5. The van der Waals surface area contributed by atoms with E-state index in [1.807, 2.05) is 0 Å². The molecule has 1 spiro atoms. The van der Waals surface area contributed by atoms with E-state index in [0.717, 1.165) is 25.9 Å². The van der Waals surface area contributed by atoms with E-state index in [2.05, 4.69) is 46.4 Å². The van der Waals surface area contributed by atoms with Crippen molar-refractivity contribution in [2.45, 2.75) is 25.4 Å². The summed E-state index contributed by atoms with van der Waals surface area (Å²) in [6.45, 7) is 2.50. The molecule has 2 N–H and O–H groups in total. The molecule has 2 aliphatic rings. The molecular weight excluding hydrogens is 518 g/mol. The van der Waals surface area contributed by atoms with Crippen LogP contribution in [0, 0.1) is 15.5 Å². The number of hydrogen-bond acceptors (Lipinski definition) is 10. The number of hydrogen-bond donors (Lipinski definition) is 2. The third-order valence-corrected chi connectivity index (χ3v) is 6.68. The lowest BCUT2D eigenvalue weighted by Crippen LogP contribution is -2.64. The highest BCUT2D eigenvalue weighted by molar-refractivity contribution is 9.10. The molecular formula is C20H25BrClN7O4. The van der Waals surface area contributed by atoms with Gasteiger partial charge in [-0.15, -0.1) is 0 Å². The van der Waals surface area contributed by atoms with Gasteiger partial charge in [0, 0.05) is 45.3 Å². The maximum atomic E-state index is 11.4. The third-order valence-electron chi connectivity index (χ3n) is 5.97. The minimum atomic E-state index is -0.478. The highest BCUT2D eigenvalue weighted by atomic mass is 79.9. The Morgan fingerprint density at radius 3 is 2.70 bits per heavy atom. The van der Waals surface area contributed by atoms with Gasteiger partial charge in [0.2, 0.25) is 4.73 Å². The van der Waals surface area contributed by atoms with Crippen molar-refractivity contribution in [1.82, 2.24) is 15.0 Å². The van der Waals surface area contributed by atoms with Crippen molar-refractivity contribution in [3.05, 3.63) is 32.0 Å². The van der Waals surface area contributed by atoms with Gasteiger partial charge in [0.1, 0.15) is 10.8 Å². The van der Waals surface area contributed by atoms with Gasteiger partial charge in [0.25, 0.3) is 5.88 Å². The van der Waals surface area contributed by atoms with Gasteiger partial charge < -0.3 is 25.0 Å². The summed E-state index contributed by atoms with van der Waals surface area (Å²) >= 11 is 9.51. The Morgan fingerprint density at radius 2 is 2.03 bits per heavy atom. The standard InChI is InChI=1S/C20H25BrClN7O4/c1-23-16-15(22)17(27-19(21)26-16)24-6-3-7-33-18-13(29(30)31)4-5-14(25-18)28-10-20(11-28)8-12(9-20)32-2/h4-5,12H,3,6-11H2,1-2H3,(H2,23,24,26,27). The van der Waals surface area contributed by atoms with Gasteiger partial charge in [-0.3, -0.25) is 10.1 Å². The number of nitrogens with one attached hydrogen (secondary N) is 2. The summed E-state index contributed by atoms with van der Waals surface area (Å²) in [5, 5.41) is 17.8. The molecule has 11 nitrogen and oxygen atoms in total. The molecule has 2 aromatic rings. The Labute approximate surface area is 204 Å². The van der Waals surface area contributed by atoms with Crippen LogP contribution < -0.4 is 20.3 Å². The highest BCUT2D eigenvalue weighted by Gasteiger charge is 2.53. The number of methoxy groups -OCH3 is 1. The van der Waals surface area contributed by atoms with Crippen LogP contribution in [0.4, 0.5) is 23.1 Å². The van der Waals surface area contributed by atoms with E-state index in [9.17, 15) is 10.1 Å². The fourth-order valence-corrected chi connectivity index (χ4v) is 4.85. The van der Waals surface area contributed by atoms with Crippen LogP contribution in [0.5, 0.6) is 5.88 Å². The number of nitro groups is 1. The van der Waals surface area contributed by atoms with Crippen molar-refractivity contribution in [2.75, 3.05) is 55.9 Å². The Morgan fingerprint density at radius 1 is 1.30 bits per heavy atom. The minimum Gasteiger partial charge on any atom is -0.473 e. The zero-order valence-electron chi connectivity index (χ0n) is 18.3. The lowest BCUT2D eigenvalue weighted by atomic mass is 9.62. The van der Waals surface area contributed by atoms with Crippen LogP contribution in [0.3, 0.4) is 0 Å². The molecule has 13 heteroatoms. The van der Waals surface area contributed by atoms with E-state index in [-0.39, 0.29) is 18.2 Å². The molecule has 2 aromatic heterocycles. The van der Waals surface area contributed by atoms with Crippen LogP contribution in [0.15, 0.2) is 16.9 Å². The number of halogens is 2. The molecule has 0 unspecified atom stereocenters. The minimum absolute atomic E-state index is 0.0297. The second-order valence-electron chi connectivity index (χ2n) is 8.26. The molecule has 0 bridgehead atoms. The third kappa shape index (κ3) is 5.07. The van der Waals surface area contributed by atoms with Crippen molar-refractivity contribution < 1.29 is 14.4 Å². The van der Waals surface area contributed by atoms with Crippen molar-refractivity contribution in [1.29, 1.82) is 0 Å². The van der Waals surface area contributed by atoms with E-state index in [0.29, 0.717) is 51.7 Å². The molecule has 33 heavy (non-hydrogen) atoms. The molecule has 178 valence electrons. The van der Waals surface area contributed by atoms with Crippen molar-refractivity contribution in [2.24, 2.45) is 5.41 Å². The monoisotopic (exact) mass is 541 g/mol. The zero-order valence-corrected chi connectivity index (χ0v) is 20.6. The average Bonchev–Trinajstić information content (AvgIpc) is 2.73. The molecule has 3 heterocycles. The maximum Gasteiger partial charge on any atom is 0.331 e. The predicted octanol–water partition coefficient (Wildman–Crippen LogP) is 3.73. The number of pyridine rings is 1. The fraction of sp³-hybridized carbons (Fsp3) is 0.550. The second kappa shape index (κ2) is 9.82. The van der Waals surface area contributed by atoms with E-state index in [1.165, 1.54) is 6.07 Å². The van der Waals surface area contributed by atoms with E-state index in [4.69, 9.17) is 21.1 Å².